The predicted molar refractivity (Wildman–Crippen MR) is 118 cm³/mol. The number of hydrogen-bond donors (Lipinski definition) is 2. The highest BCUT2D eigenvalue weighted by Gasteiger charge is 2.51. The Hall–Kier alpha value is -2.45. The van der Waals surface area contributed by atoms with Gasteiger partial charge in [0, 0.05) is 24.5 Å². The number of H-pyrrole nitrogens is 1. The van der Waals surface area contributed by atoms with Gasteiger partial charge in [-0.2, -0.15) is 5.21 Å². The van der Waals surface area contributed by atoms with Crippen LogP contribution < -0.4 is 5.32 Å². The number of rotatable bonds is 6. The van der Waals surface area contributed by atoms with E-state index in [0.29, 0.717) is 42.9 Å². The molecule has 2 fully saturated rings. The fourth-order valence-electron chi connectivity index (χ4n) is 5.05. The van der Waals surface area contributed by atoms with Gasteiger partial charge in [-0.3, -0.25) is 4.79 Å². The molecule has 0 atom stereocenters. The Bertz CT molecular complexity index is 1050. The number of aryl methyl sites for hydroxylation is 2. The van der Waals surface area contributed by atoms with Gasteiger partial charge < -0.3 is 14.6 Å². The molecule has 1 saturated heterocycles. The smallest absolute Gasteiger partial charge is 0.235 e. The minimum Gasteiger partial charge on any atom is -0.379 e. The molecular weight excluding hydrogens is 416 g/mol. The fraction of sp³-hybridized carbons (Fsp3) is 0.545. The van der Waals surface area contributed by atoms with Crippen LogP contribution in [0.4, 0.5) is 5.69 Å². The Morgan fingerprint density at radius 3 is 2.74 bits per heavy atom. The molecule has 1 saturated carbocycles. The highest BCUT2D eigenvalue weighted by molar-refractivity contribution is 6.36. The van der Waals surface area contributed by atoms with Gasteiger partial charge in [-0.25, -0.2) is 0 Å². The number of benzene rings is 1. The first-order valence-corrected chi connectivity index (χ1v) is 11.4. The first-order chi connectivity index (χ1) is 15.2. The summed E-state index contributed by atoms with van der Waals surface area (Å²) in [5.74, 6) is 1.09. The molecule has 2 aliphatic rings. The fourth-order valence-corrected chi connectivity index (χ4v) is 5.32. The second-order valence-corrected chi connectivity index (χ2v) is 9.15. The molecule has 0 bridgehead atoms. The van der Waals surface area contributed by atoms with Crippen molar-refractivity contribution in [1.29, 1.82) is 0 Å². The number of ether oxygens (including phenoxy) is 1. The summed E-state index contributed by atoms with van der Waals surface area (Å²) in [4.78, 5) is 13.6. The van der Waals surface area contributed by atoms with Crippen molar-refractivity contribution in [2.75, 3.05) is 18.5 Å². The zero-order valence-corrected chi connectivity index (χ0v) is 18.2. The van der Waals surface area contributed by atoms with Crippen molar-refractivity contribution in [3.05, 3.63) is 35.2 Å². The maximum absolute atomic E-state index is 13.6. The summed E-state index contributed by atoms with van der Waals surface area (Å²) in [6, 6.07) is 5.80. The van der Waals surface area contributed by atoms with Gasteiger partial charge >= 0.3 is 0 Å². The standard InChI is InChI=1S/C22H27ClN6O2/c23-16-8-5-9-18-20(16)17(12-29(18)11-10-19-25-27-28-26-19)24-21(30)22(13-31-14-22)15-6-3-1-2-4-7-15/h5,8-9,12,15H,1-4,6-7,10-11,13-14H2,(H,24,30)(H,25,26,27,28). The second kappa shape index (κ2) is 8.59. The minimum absolute atomic E-state index is 0.0581. The summed E-state index contributed by atoms with van der Waals surface area (Å²) in [6.07, 6.45) is 9.71. The molecule has 0 unspecified atom stereocenters. The van der Waals surface area contributed by atoms with E-state index in [4.69, 9.17) is 16.3 Å². The molecule has 164 valence electrons. The lowest BCUT2D eigenvalue weighted by Gasteiger charge is -2.45. The number of amides is 1. The molecule has 31 heavy (non-hydrogen) atoms. The summed E-state index contributed by atoms with van der Waals surface area (Å²) >= 11 is 6.56. The van der Waals surface area contributed by atoms with Crippen LogP contribution in [0, 0.1) is 11.3 Å². The Balaban J connectivity index is 1.42. The molecule has 3 heterocycles. The zero-order chi connectivity index (χ0) is 21.3. The highest BCUT2D eigenvalue weighted by atomic mass is 35.5. The number of carbonyl (C=O) groups is 1. The van der Waals surface area contributed by atoms with Crippen molar-refractivity contribution in [3.8, 4) is 0 Å². The van der Waals surface area contributed by atoms with E-state index in [2.05, 4.69) is 30.5 Å². The summed E-state index contributed by atoms with van der Waals surface area (Å²) in [5, 5.41) is 18.9. The van der Waals surface area contributed by atoms with E-state index >= 15 is 0 Å². The van der Waals surface area contributed by atoms with E-state index in [9.17, 15) is 4.79 Å². The van der Waals surface area contributed by atoms with Crippen LogP contribution in [0.2, 0.25) is 5.02 Å². The Labute approximate surface area is 185 Å². The summed E-state index contributed by atoms with van der Waals surface area (Å²) < 4.78 is 7.66. The van der Waals surface area contributed by atoms with Gasteiger partial charge in [-0.05, 0) is 30.9 Å². The third kappa shape index (κ3) is 3.83. The molecule has 3 aromatic rings. The molecule has 1 aromatic carbocycles. The Morgan fingerprint density at radius 2 is 2.06 bits per heavy atom. The Morgan fingerprint density at radius 1 is 1.26 bits per heavy atom. The van der Waals surface area contributed by atoms with E-state index < -0.39 is 5.41 Å². The molecular formula is C22H27ClN6O2. The topological polar surface area (TPSA) is 97.7 Å². The van der Waals surface area contributed by atoms with Gasteiger partial charge in [0.15, 0.2) is 5.82 Å². The van der Waals surface area contributed by atoms with E-state index in [1.54, 1.807) is 0 Å². The van der Waals surface area contributed by atoms with E-state index in [1.807, 2.05) is 24.4 Å². The van der Waals surface area contributed by atoms with Gasteiger partial charge in [-0.15, -0.1) is 10.2 Å². The van der Waals surface area contributed by atoms with Crippen LogP contribution in [0.3, 0.4) is 0 Å². The molecule has 2 aromatic heterocycles. The van der Waals surface area contributed by atoms with Crippen LogP contribution in [0.25, 0.3) is 10.9 Å². The number of hydrogen-bond acceptors (Lipinski definition) is 5. The van der Waals surface area contributed by atoms with Gasteiger partial charge in [-0.1, -0.05) is 48.6 Å². The van der Waals surface area contributed by atoms with Gasteiger partial charge in [0.05, 0.1) is 34.9 Å². The summed E-state index contributed by atoms with van der Waals surface area (Å²) in [5.41, 5.74) is 1.29. The number of nitrogens with zero attached hydrogens (tertiary/aromatic N) is 4. The third-order valence-corrected chi connectivity index (χ3v) is 7.19. The van der Waals surface area contributed by atoms with E-state index in [-0.39, 0.29) is 5.91 Å². The van der Waals surface area contributed by atoms with Crippen LogP contribution in [0.5, 0.6) is 0 Å². The molecule has 0 radical (unpaired) electrons. The molecule has 5 rings (SSSR count). The zero-order valence-electron chi connectivity index (χ0n) is 17.4. The average molecular weight is 443 g/mol. The third-order valence-electron chi connectivity index (χ3n) is 6.88. The lowest BCUT2D eigenvalue weighted by Crippen LogP contribution is -2.56. The summed E-state index contributed by atoms with van der Waals surface area (Å²) in [7, 11) is 0. The molecule has 1 aliphatic heterocycles. The van der Waals surface area contributed by atoms with E-state index in [1.165, 1.54) is 25.7 Å². The van der Waals surface area contributed by atoms with Gasteiger partial charge in [0.2, 0.25) is 5.91 Å². The lowest BCUT2D eigenvalue weighted by molar-refractivity contribution is -0.170. The van der Waals surface area contributed by atoms with Crippen molar-refractivity contribution in [2.45, 2.75) is 51.5 Å². The molecule has 1 aliphatic carbocycles. The molecule has 1 amide bonds. The number of carbonyl (C=O) groups excluding carboxylic acids is 1. The van der Waals surface area contributed by atoms with Crippen LogP contribution >= 0.6 is 11.6 Å². The first-order valence-electron chi connectivity index (χ1n) is 11.1. The molecule has 9 heteroatoms. The maximum Gasteiger partial charge on any atom is 0.235 e. The monoisotopic (exact) mass is 442 g/mol. The predicted octanol–water partition coefficient (Wildman–Crippen LogP) is 3.98. The quantitative estimate of drug-likeness (QED) is 0.563. The van der Waals surface area contributed by atoms with Crippen molar-refractivity contribution >= 4 is 34.1 Å². The minimum atomic E-state index is -0.426. The lowest BCUT2D eigenvalue weighted by atomic mass is 9.69. The number of aromatic nitrogens is 5. The SMILES string of the molecule is O=C(Nc1cn(CCc2nn[nH]n2)c2cccc(Cl)c12)C1(C2CCCCCC2)COC1. The van der Waals surface area contributed by atoms with Gasteiger partial charge in [0.25, 0.3) is 0 Å². The van der Waals surface area contributed by atoms with Crippen molar-refractivity contribution < 1.29 is 9.53 Å². The molecule has 0 spiro atoms. The van der Waals surface area contributed by atoms with Crippen LogP contribution in [0.1, 0.15) is 44.3 Å². The molecule has 2 N–H and O–H groups in total. The summed E-state index contributed by atoms with van der Waals surface area (Å²) in [6.45, 7) is 1.67. The average Bonchev–Trinajstić information content (AvgIpc) is 3.27. The van der Waals surface area contributed by atoms with Crippen LogP contribution in [0.15, 0.2) is 24.4 Å². The first kappa shape index (κ1) is 20.5. The van der Waals surface area contributed by atoms with Crippen molar-refractivity contribution in [3.63, 3.8) is 0 Å². The van der Waals surface area contributed by atoms with Crippen LogP contribution in [-0.2, 0) is 22.5 Å². The maximum atomic E-state index is 13.6. The van der Waals surface area contributed by atoms with E-state index in [0.717, 1.165) is 29.4 Å². The largest absolute Gasteiger partial charge is 0.379 e. The number of tetrazole rings is 1. The van der Waals surface area contributed by atoms with Gasteiger partial charge in [0.1, 0.15) is 0 Å². The Kier molecular flexibility index (Phi) is 5.67. The number of aromatic amines is 1. The molecule has 8 nitrogen and oxygen atoms in total. The van der Waals surface area contributed by atoms with Crippen molar-refractivity contribution in [1.82, 2.24) is 25.2 Å². The van der Waals surface area contributed by atoms with Crippen LogP contribution in [-0.4, -0.2) is 44.3 Å². The number of halogens is 1. The number of anilines is 1. The normalized spacial score (nSPS) is 19.1. The second-order valence-electron chi connectivity index (χ2n) is 8.74. The highest BCUT2D eigenvalue weighted by Crippen LogP contribution is 2.44. The number of fused-ring (bicyclic) bond motifs is 1. The number of nitrogens with one attached hydrogen (secondary N) is 2. The van der Waals surface area contributed by atoms with Crippen molar-refractivity contribution in [2.24, 2.45) is 11.3 Å².